The first-order valence-corrected chi connectivity index (χ1v) is 6.92. The van der Waals surface area contributed by atoms with Gasteiger partial charge in [0.1, 0.15) is 0 Å². The van der Waals surface area contributed by atoms with Crippen LogP contribution < -0.4 is 5.32 Å². The van der Waals surface area contributed by atoms with E-state index in [4.69, 9.17) is 4.98 Å². The molecule has 1 aromatic carbocycles. The van der Waals surface area contributed by atoms with Crippen LogP contribution in [0.1, 0.15) is 10.6 Å². The molecule has 3 heteroatoms. The zero-order chi connectivity index (χ0) is 11.7. The third-order valence-electron chi connectivity index (χ3n) is 3.30. The van der Waals surface area contributed by atoms with Crippen LogP contribution in [0.3, 0.4) is 0 Å². The highest BCUT2D eigenvalue weighted by atomic mass is 32.1. The number of aryl methyl sites for hydroxylation is 1. The SMILES string of the molecule is Cc1ccccc1-c1csc(CC2CNC2)n1. The summed E-state index contributed by atoms with van der Waals surface area (Å²) in [5.41, 5.74) is 3.70. The Kier molecular flexibility index (Phi) is 2.95. The van der Waals surface area contributed by atoms with Gasteiger partial charge in [0.2, 0.25) is 0 Å². The van der Waals surface area contributed by atoms with E-state index in [1.165, 1.54) is 16.1 Å². The first-order valence-electron chi connectivity index (χ1n) is 6.04. The molecule has 3 rings (SSSR count). The first-order chi connectivity index (χ1) is 8.33. The van der Waals surface area contributed by atoms with Crippen molar-refractivity contribution in [3.05, 3.63) is 40.2 Å². The predicted octanol–water partition coefficient (Wildman–Crippen LogP) is 2.88. The maximum Gasteiger partial charge on any atom is 0.0936 e. The Labute approximate surface area is 106 Å². The van der Waals surface area contributed by atoms with Crippen LogP contribution in [0, 0.1) is 12.8 Å². The number of hydrogen-bond donors (Lipinski definition) is 1. The molecule has 0 bridgehead atoms. The summed E-state index contributed by atoms with van der Waals surface area (Å²) in [6.45, 7) is 4.45. The Morgan fingerprint density at radius 3 is 2.88 bits per heavy atom. The zero-order valence-corrected chi connectivity index (χ0v) is 10.8. The summed E-state index contributed by atoms with van der Waals surface area (Å²) in [6, 6.07) is 8.45. The number of aromatic nitrogens is 1. The van der Waals surface area contributed by atoms with Crippen molar-refractivity contribution in [1.29, 1.82) is 0 Å². The van der Waals surface area contributed by atoms with Gasteiger partial charge in [-0.1, -0.05) is 24.3 Å². The van der Waals surface area contributed by atoms with Crippen molar-refractivity contribution in [3.63, 3.8) is 0 Å². The second-order valence-corrected chi connectivity index (χ2v) is 5.61. The lowest BCUT2D eigenvalue weighted by molar-refractivity contribution is 0.346. The third kappa shape index (κ3) is 2.26. The van der Waals surface area contributed by atoms with E-state index in [0.29, 0.717) is 0 Å². The summed E-state index contributed by atoms with van der Waals surface area (Å²) in [5.74, 6) is 0.797. The van der Waals surface area contributed by atoms with Crippen molar-refractivity contribution in [1.82, 2.24) is 10.3 Å². The Morgan fingerprint density at radius 1 is 1.35 bits per heavy atom. The summed E-state index contributed by atoms with van der Waals surface area (Å²) >= 11 is 1.79. The number of thiazole rings is 1. The molecule has 17 heavy (non-hydrogen) atoms. The Bertz CT molecular complexity index is 514. The number of nitrogens with zero attached hydrogens (tertiary/aromatic N) is 1. The van der Waals surface area contributed by atoms with Crippen LogP contribution in [-0.4, -0.2) is 18.1 Å². The smallest absolute Gasteiger partial charge is 0.0936 e. The van der Waals surface area contributed by atoms with Crippen molar-refractivity contribution < 1.29 is 0 Å². The lowest BCUT2D eigenvalue weighted by atomic mass is 10.00. The van der Waals surface area contributed by atoms with Crippen LogP contribution in [0.2, 0.25) is 0 Å². The number of rotatable bonds is 3. The summed E-state index contributed by atoms with van der Waals surface area (Å²) < 4.78 is 0. The minimum absolute atomic E-state index is 0.797. The molecule has 0 amide bonds. The molecule has 2 heterocycles. The van der Waals surface area contributed by atoms with Gasteiger partial charge in [0, 0.05) is 17.4 Å². The van der Waals surface area contributed by atoms with Gasteiger partial charge in [0.15, 0.2) is 0 Å². The number of hydrogen-bond acceptors (Lipinski definition) is 3. The van der Waals surface area contributed by atoms with E-state index in [-0.39, 0.29) is 0 Å². The highest BCUT2D eigenvalue weighted by Crippen LogP contribution is 2.26. The van der Waals surface area contributed by atoms with E-state index < -0.39 is 0 Å². The summed E-state index contributed by atoms with van der Waals surface area (Å²) in [6.07, 6.45) is 1.13. The van der Waals surface area contributed by atoms with Gasteiger partial charge in [-0.2, -0.15) is 0 Å². The molecule has 88 valence electrons. The minimum atomic E-state index is 0.797. The molecule has 1 N–H and O–H groups in total. The van der Waals surface area contributed by atoms with E-state index >= 15 is 0 Å². The van der Waals surface area contributed by atoms with Crippen molar-refractivity contribution in [2.75, 3.05) is 13.1 Å². The predicted molar refractivity (Wildman–Crippen MR) is 72.4 cm³/mol. The van der Waals surface area contributed by atoms with Crippen LogP contribution in [0.25, 0.3) is 11.3 Å². The molecule has 1 aliphatic rings. The summed E-state index contributed by atoms with van der Waals surface area (Å²) in [7, 11) is 0. The van der Waals surface area contributed by atoms with Crippen LogP contribution in [-0.2, 0) is 6.42 Å². The fourth-order valence-corrected chi connectivity index (χ4v) is 3.04. The minimum Gasteiger partial charge on any atom is -0.316 e. The van der Waals surface area contributed by atoms with E-state index in [1.807, 2.05) is 0 Å². The molecule has 1 saturated heterocycles. The van der Waals surface area contributed by atoms with E-state index in [2.05, 4.69) is 41.9 Å². The topological polar surface area (TPSA) is 24.9 Å². The Hall–Kier alpha value is -1.19. The third-order valence-corrected chi connectivity index (χ3v) is 4.17. The van der Waals surface area contributed by atoms with Gasteiger partial charge in [0.25, 0.3) is 0 Å². The quantitative estimate of drug-likeness (QED) is 0.898. The summed E-state index contributed by atoms with van der Waals surface area (Å²) in [4.78, 5) is 4.75. The van der Waals surface area contributed by atoms with Crippen molar-refractivity contribution in [3.8, 4) is 11.3 Å². The standard InChI is InChI=1S/C14H16N2S/c1-10-4-2-3-5-12(10)13-9-17-14(16-13)6-11-7-15-8-11/h2-5,9,11,15H,6-8H2,1H3. The molecule has 2 nitrogen and oxygen atoms in total. The Morgan fingerprint density at radius 2 is 2.18 bits per heavy atom. The van der Waals surface area contributed by atoms with E-state index in [0.717, 1.165) is 31.1 Å². The maximum atomic E-state index is 4.75. The monoisotopic (exact) mass is 244 g/mol. The van der Waals surface area contributed by atoms with Crippen LogP contribution in [0.15, 0.2) is 29.6 Å². The van der Waals surface area contributed by atoms with Crippen molar-refractivity contribution in [2.45, 2.75) is 13.3 Å². The molecule has 0 unspecified atom stereocenters. The van der Waals surface area contributed by atoms with Gasteiger partial charge in [-0.15, -0.1) is 11.3 Å². The second kappa shape index (κ2) is 4.59. The number of nitrogens with one attached hydrogen (secondary N) is 1. The van der Waals surface area contributed by atoms with Gasteiger partial charge in [-0.25, -0.2) is 4.98 Å². The van der Waals surface area contributed by atoms with Crippen LogP contribution in [0.4, 0.5) is 0 Å². The zero-order valence-electron chi connectivity index (χ0n) is 9.94. The fourth-order valence-electron chi connectivity index (χ4n) is 2.13. The van der Waals surface area contributed by atoms with Crippen molar-refractivity contribution in [2.24, 2.45) is 5.92 Å². The van der Waals surface area contributed by atoms with Crippen LogP contribution >= 0.6 is 11.3 Å². The van der Waals surface area contributed by atoms with Gasteiger partial charge in [-0.3, -0.25) is 0 Å². The molecule has 0 aliphatic carbocycles. The normalized spacial score (nSPS) is 15.8. The van der Waals surface area contributed by atoms with Crippen LogP contribution in [0.5, 0.6) is 0 Å². The summed E-state index contributed by atoms with van der Waals surface area (Å²) in [5, 5.41) is 6.76. The second-order valence-electron chi connectivity index (χ2n) is 4.67. The molecule has 0 atom stereocenters. The molecular weight excluding hydrogens is 228 g/mol. The molecule has 0 spiro atoms. The lowest BCUT2D eigenvalue weighted by Gasteiger charge is -2.25. The van der Waals surface area contributed by atoms with Gasteiger partial charge < -0.3 is 5.32 Å². The number of benzene rings is 1. The first kappa shape index (κ1) is 10.9. The molecular formula is C14H16N2S. The Balaban J connectivity index is 1.82. The van der Waals surface area contributed by atoms with E-state index in [1.54, 1.807) is 11.3 Å². The van der Waals surface area contributed by atoms with E-state index in [9.17, 15) is 0 Å². The molecule has 1 fully saturated rings. The van der Waals surface area contributed by atoms with Crippen molar-refractivity contribution >= 4 is 11.3 Å². The van der Waals surface area contributed by atoms with Gasteiger partial charge >= 0.3 is 0 Å². The molecule has 0 saturated carbocycles. The van der Waals surface area contributed by atoms with Gasteiger partial charge in [-0.05, 0) is 31.5 Å². The average Bonchev–Trinajstić information content (AvgIpc) is 2.73. The maximum absolute atomic E-state index is 4.75. The fraction of sp³-hybridized carbons (Fsp3) is 0.357. The lowest BCUT2D eigenvalue weighted by Crippen LogP contribution is -2.43. The molecule has 2 aromatic rings. The van der Waals surface area contributed by atoms with Gasteiger partial charge in [0.05, 0.1) is 10.7 Å². The molecule has 1 aromatic heterocycles. The average molecular weight is 244 g/mol. The molecule has 0 radical (unpaired) electrons. The highest BCUT2D eigenvalue weighted by Gasteiger charge is 2.18. The highest BCUT2D eigenvalue weighted by molar-refractivity contribution is 7.09. The largest absolute Gasteiger partial charge is 0.316 e. The molecule has 1 aliphatic heterocycles.